The predicted octanol–water partition coefficient (Wildman–Crippen LogP) is 1.65. The number of amides is 2. The highest BCUT2D eigenvalue weighted by atomic mass is 16.6. The van der Waals surface area contributed by atoms with Gasteiger partial charge >= 0.3 is 5.88 Å². The van der Waals surface area contributed by atoms with E-state index in [2.05, 4.69) is 15.6 Å². The van der Waals surface area contributed by atoms with Crippen LogP contribution in [0.2, 0.25) is 0 Å². The summed E-state index contributed by atoms with van der Waals surface area (Å²) in [6, 6.07) is 7.52. The molecule has 2 aromatic rings. The van der Waals surface area contributed by atoms with Crippen LogP contribution in [0.25, 0.3) is 0 Å². The zero-order valence-corrected chi connectivity index (χ0v) is 12.2. The molecule has 2 N–H and O–H groups in total. The number of carbonyl (C=O) groups is 2. The molecule has 120 valence electrons. The van der Waals surface area contributed by atoms with Crippen LogP contribution in [0.3, 0.4) is 0 Å². The number of aromatic nitrogens is 1. The smallest absolute Gasteiger partial charge is 0.395 e. The van der Waals surface area contributed by atoms with E-state index in [-0.39, 0.29) is 24.6 Å². The Hall–Kier alpha value is -3.23. The molecular formula is C14H14N4O5. The second-order valence-corrected chi connectivity index (χ2v) is 4.61. The summed E-state index contributed by atoms with van der Waals surface area (Å²) >= 11 is 0. The number of hydrogen-bond donors (Lipinski definition) is 2. The Morgan fingerprint density at radius 3 is 2.74 bits per heavy atom. The molecule has 2 aromatic heterocycles. The van der Waals surface area contributed by atoms with Crippen LogP contribution < -0.4 is 10.6 Å². The number of nitrogens with zero attached hydrogens (tertiary/aromatic N) is 2. The van der Waals surface area contributed by atoms with Crippen molar-refractivity contribution in [2.45, 2.75) is 13.3 Å². The van der Waals surface area contributed by atoms with Crippen molar-refractivity contribution >= 4 is 23.5 Å². The Kier molecular flexibility index (Phi) is 5.03. The van der Waals surface area contributed by atoms with Crippen molar-refractivity contribution in [2.24, 2.45) is 0 Å². The molecule has 0 saturated carbocycles. The van der Waals surface area contributed by atoms with E-state index in [1.165, 1.54) is 6.07 Å². The summed E-state index contributed by atoms with van der Waals surface area (Å²) < 4.78 is 4.75. The lowest BCUT2D eigenvalue weighted by molar-refractivity contribution is -0.402. The summed E-state index contributed by atoms with van der Waals surface area (Å²) in [5.41, 5.74) is 0.774. The number of hydrogen-bond acceptors (Lipinski definition) is 6. The van der Waals surface area contributed by atoms with Crippen molar-refractivity contribution in [3.8, 4) is 0 Å². The summed E-state index contributed by atoms with van der Waals surface area (Å²) in [5, 5.41) is 15.5. The molecule has 0 aliphatic carbocycles. The standard InChI is InChI=1S/C14H14N4O5/c1-9-3-2-4-11(16-9)17-12(19)7-8-15-14(20)10-5-6-13(23-10)18(21)22/h2-6H,7-8H2,1H3,(H,15,20)(H,16,17,19). The molecule has 0 aromatic carbocycles. The van der Waals surface area contributed by atoms with Gasteiger partial charge in [0.1, 0.15) is 10.7 Å². The molecule has 0 radical (unpaired) electrons. The van der Waals surface area contributed by atoms with Gasteiger partial charge in [0.2, 0.25) is 5.91 Å². The monoisotopic (exact) mass is 318 g/mol. The molecule has 2 amide bonds. The summed E-state index contributed by atoms with van der Waals surface area (Å²) in [6.07, 6.45) is 0.0319. The highest BCUT2D eigenvalue weighted by Gasteiger charge is 2.17. The summed E-state index contributed by atoms with van der Waals surface area (Å²) in [6.45, 7) is 1.86. The van der Waals surface area contributed by atoms with Gasteiger partial charge in [-0.3, -0.25) is 19.7 Å². The maximum Gasteiger partial charge on any atom is 0.433 e. The van der Waals surface area contributed by atoms with E-state index < -0.39 is 16.7 Å². The average molecular weight is 318 g/mol. The molecule has 0 atom stereocenters. The second-order valence-electron chi connectivity index (χ2n) is 4.61. The van der Waals surface area contributed by atoms with E-state index in [1.807, 2.05) is 0 Å². The molecule has 0 aliphatic heterocycles. The van der Waals surface area contributed by atoms with Crippen LogP contribution >= 0.6 is 0 Å². The van der Waals surface area contributed by atoms with Gasteiger partial charge in [-0.05, 0) is 25.1 Å². The molecule has 0 saturated heterocycles. The molecule has 9 heteroatoms. The van der Waals surface area contributed by atoms with Gasteiger partial charge in [0.15, 0.2) is 5.76 Å². The normalized spacial score (nSPS) is 10.1. The molecule has 23 heavy (non-hydrogen) atoms. The number of nitro groups is 1. The topological polar surface area (TPSA) is 127 Å². The molecule has 0 bridgehead atoms. The minimum Gasteiger partial charge on any atom is -0.395 e. The van der Waals surface area contributed by atoms with Crippen LogP contribution in [0.15, 0.2) is 34.7 Å². The van der Waals surface area contributed by atoms with Crippen LogP contribution in [-0.4, -0.2) is 28.3 Å². The Labute approximate surface area is 130 Å². The number of aryl methyl sites for hydroxylation is 1. The number of carbonyl (C=O) groups excluding carboxylic acids is 2. The van der Waals surface area contributed by atoms with Gasteiger partial charge in [-0.1, -0.05) is 6.07 Å². The maximum absolute atomic E-state index is 11.7. The first-order valence-electron chi connectivity index (χ1n) is 6.71. The van der Waals surface area contributed by atoms with Crippen LogP contribution in [0, 0.1) is 17.0 Å². The molecule has 0 aliphatic rings. The fourth-order valence-corrected chi connectivity index (χ4v) is 1.74. The van der Waals surface area contributed by atoms with Crippen molar-refractivity contribution < 1.29 is 18.9 Å². The number of anilines is 1. The van der Waals surface area contributed by atoms with Crippen molar-refractivity contribution in [3.05, 3.63) is 51.9 Å². The Morgan fingerprint density at radius 1 is 1.30 bits per heavy atom. The summed E-state index contributed by atoms with van der Waals surface area (Å²) in [4.78, 5) is 37.3. The number of rotatable bonds is 6. The van der Waals surface area contributed by atoms with E-state index >= 15 is 0 Å². The van der Waals surface area contributed by atoms with Crippen LogP contribution in [0.4, 0.5) is 11.7 Å². The number of furan rings is 1. The largest absolute Gasteiger partial charge is 0.433 e. The Bertz CT molecular complexity index is 740. The van der Waals surface area contributed by atoms with E-state index in [4.69, 9.17) is 4.42 Å². The van der Waals surface area contributed by atoms with Gasteiger partial charge in [0.25, 0.3) is 5.91 Å². The number of pyridine rings is 1. The molecule has 9 nitrogen and oxygen atoms in total. The highest BCUT2D eigenvalue weighted by molar-refractivity contribution is 5.93. The summed E-state index contributed by atoms with van der Waals surface area (Å²) in [5.74, 6) is -1.20. The van der Waals surface area contributed by atoms with E-state index in [9.17, 15) is 19.7 Å². The van der Waals surface area contributed by atoms with Gasteiger partial charge in [-0.2, -0.15) is 0 Å². The minimum atomic E-state index is -0.737. The van der Waals surface area contributed by atoms with E-state index in [0.717, 1.165) is 11.8 Å². The third-order valence-electron chi connectivity index (χ3n) is 2.79. The lowest BCUT2D eigenvalue weighted by atomic mass is 10.3. The van der Waals surface area contributed by atoms with E-state index in [0.29, 0.717) is 5.82 Å². The zero-order chi connectivity index (χ0) is 16.8. The first kappa shape index (κ1) is 16.1. The quantitative estimate of drug-likeness (QED) is 0.615. The third-order valence-corrected chi connectivity index (χ3v) is 2.79. The fourth-order valence-electron chi connectivity index (χ4n) is 1.74. The van der Waals surface area contributed by atoms with Crippen molar-refractivity contribution in [1.29, 1.82) is 0 Å². The van der Waals surface area contributed by atoms with Crippen LogP contribution in [-0.2, 0) is 4.79 Å². The minimum absolute atomic E-state index is 0.0319. The van der Waals surface area contributed by atoms with Gasteiger partial charge < -0.3 is 15.1 Å². The Balaban J connectivity index is 1.78. The molecule has 0 fully saturated rings. The van der Waals surface area contributed by atoms with Crippen LogP contribution in [0.1, 0.15) is 22.7 Å². The molecular weight excluding hydrogens is 304 g/mol. The second kappa shape index (κ2) is 7.16. The van der Waals surface area contributed by atoms with Crippen molar-refractivity contribution in [2.75, 3.05) is 11.9 Å². The third kappa shape index (κ3) is 4.63. The first-order valence-corrected chi connectivity index (χ1v) is 6.71. The van der Waals surface area contributed by atoms with Gasteiger partial charge in [-0.25, -0.2) is 4.98 Å². The fraction of sp³-hybridized carbons (Fsp3) is 0.214. The molecule has 0 spiro atoms. The lowest BCUT2D eigenvalue weighted by Gasteiger charge is -2.05. The summed E-state index contributed by atoms with van der Waals surface area (Å²) in [7, 11) is 0. The van der Waals surface area contributed by atoms with Gasteiger partial charge in [0.05, 0.1) is 6.07 Å². The zero-order valence-electron chi connectivity index (χ0n) is 12.2. The molecule has 0 unspecified atom stereocenters. The maximum atomic E-state index is 11.7. The lowest BCUT2D eigenvalue weighted by Crippen LogP contribution is -2.27. The van der Waals surface area contributed by atoms with Crippen molar-refractivity contribution in [1.82, 2.24) is 10.3 Å². The Morgan fingerprint density at radius 2 is 2.09 bits per heavy atom. The molecule has 2 heterocycles. The highest BCUT2D eigenvalue weighted by Crippen LogP contribution is 2.15. The number of nitrogens with one attached hydrogen (secondary N) is 2. The molecule has 2 rings (SSSR count). The first-order chi connectivity index (χ1) is 11.0. The van der Waals surface area contributed by atoms with E-state index in [1.54, 1.807) is 25.1 Å². The van der Waals surface area contributed by atoms with Crippen molar-refractivity contribution in [3.63, 3.8) is 0 Å². The van der Waals surface area contributed by atoms with Gasteiger partial charge in [-0.15, -0.1) is 0 Å². The van der Waals surface area contributed by atoms with Crippen LogP contribution in [0.5, 0.6) is 0 Å². The SMILES string of the molecule is Cc1cccc(NC(=O)CCNC(=O)c2ccc([N+](=O)[O-])o2)n1. The van der Waals surface area contributed by atoms with Gasteiger partial charge in [0, 0.05) is 18.7 Å². The predicted molar refractivity (Wildman–Crippen MR) is 79.9 cm³/mol. The average Bonchev–Trinajstić information content (AvgIpc) is 2.97.